The Morgan fingerprint density at radius 1 is 0.818 bits per heavy atom. The summed E-state index contributed by atoms with van der Waals surface area (Å²) in [4.78, 5) is 20.0. The Morgan fingerprint density at radius 2 is 1.18 bits per heavy atom. The van der Waals surface area contributed by atoms with E-state index in [-0.39, 0.29) is 0 Å². The Kier molecular flexibility index (Phi) is 3.23. The van der Waals surface area contributed by atoms with E-state index >= 15 is 0 Å². The maximum absolute atomic E-state index is 10.4. The van der Waals surface area contributed by atoms with Crippen LogP contribution in [-0.4, -0.2) is 24.7 Å². The lowest BCUT2D eigenvalue weighted by Gasteiger charge is -2.08. The van der Waals surface area contributed by atoms with Gasteiger partial charge in [-0.1, -0.05) is 0 Å². The molecule has 1 heterocycles. The molecular formula is C8H13NO2. The Balaban J connectivity index is 0.000000128. The van der Waals surface area contributed by atoms with Gasteiger partial charge in [0, 0.05) is 38.8 Å². The highest BCUT2D eigenvalue weighted by Crippen LogP contribution is 2.08. The van der Waals surface area contributed by atoms with E-state index in [2.05, 4.69) is 5.32 Å². The van der Waals surface area contributed by atoms with E-state index in [1.807, 2.05) is 0 Å². The van der Waals surface area contributed by atoms with Gasteiger partial charge in [0.25, 0.3) is 0 Å². The van der Waals surface area contributed by atoms with Crippen LogP contribution in [0.25, 0.3) is 0 Å². The minimum Gasteiger partial charge on any atom is -0.316 e. The van der Waals surface area contributed by atoms with Crippen LogP contribution in [0.1, 0.15) is 25.7 Å². The number of nitrogens with one attached hydrogen (secondary N) is 1. The molecule has 2 fully saturated rings. The molecule has 1 N–H and O–H groups in total. The van der Waals surface area contributed by atoms with Gasteiger partial charge in [-0.15, -0.1) is 0 Å². The Bertz CT molecular complexity index is 151. The summed E-state index contributed by atoms with van der Waals surface area (Å²) in [5, 5.41) is 3.09. The lowest BCUT2D eigenvalue weighted by atomic mass is 10.1. The summed E-state index contributed by atoms with van der Waals surface area (Å²) in [6, 6.07) is 0. The van der Waals surface area contributed by atoms with Gasteiger partial charge in [0.2, 0.25) is 0 Å². The fourth-order valence-corrected chi connectivity index (χ4v) is 0.757. The van der Waals surface area contributed by atoms with Crippen molar-refractivity contribution < 1.29 is 9.59 Å². The fourth-order valence-electron chi connectivity index (χ4n) is 0.757. The molecule has 1 aliphatic carbocycles. The predicted octanol–water partition coefficient (Wildman–Crippen LogP) is 0.288. The maximum atomic E-state index is 10.4. The molecule has 11 heavy (non-hydrogen) atoms. The number of ketones is 2. The lowest BCUT2D eigenvalue weighted by molar-refractivity contribution is -0.119. The van der Waals surface area contributed by atoms with Crippen LogP contribution in [0, 0.1) is 0 Å². The zero-order valence-corrected chi connectivity index (χ0v) is 6.56. The second-order valence-electron chi connectivity index (χ2n) is 2.83. The quantitative estimate of drug-likeness (QED) is 0.547. The first-order valence-corrected chi connectivity index (χ1v) is 4.03. The van der Waals surface area contributed by atoms with Crippen molar-refractivity contribution in [3.63, 3.8) is 0 Å². The molecule has 0 aromatic carbocycles. The van der Waals surface area contributed by atoms with Crippen molar-refractivity contribution in [3.8, 4) is 0 Å². The average Bonchev–Trinajstić information content (AvgIpc) is 2.75. The topological polar surface area (TPSA) is 46.2 Å². The summed E-state index contributed by atoms with van der Waals surface area (Å²) in [6.45, 7) is 1.78. The number of carbonyl (C=O) groups is 2. The van der Waals surface area contributed by atoms with Gasteiger partial charge < -0.3 is 5.32 Å². The van der Waals surface area contributed by atoms with E-state index in [0.717, 1.165) is 38.8 Å². The molecule has 0 radical (unpaired) electrons. The van der Waals surface area contributed by atoms with Crippen molar-refractivity contribution in [2.45, 2.75) is 25.7 Å². The third-order valence-corrected chi connectivity index (χ3v) is 1.62. The standard InChI is InChI=1S/C5H9NO.C3H4O/c7-5-1-3-6-4-2-5;4-3-1-2-3/h6H,1-4H2;1-2H2. The fraction of sp³-hybridized carbons (Fsp3) is 0.750. The van der Waals surface area contributed by atoms with Crippen LogP contribution in [0.5, 0.6) is 0 Å². The van der Waals surface area contributed by atoms with Gasteiger partial charge in [0.05, 0.1) is 0 Å². The molecular weight excluding hydrogens is 142 g/mol. The molecule has 1 aliphatic heterocycles. The molecule has 3 heteroatoms. The van der Waals surface area contributed by atoms with E-state index in [1.165, 1.54) is 0 Å². The highest BCUT2D eigenvalue weighted by Gasteiger charge is 2.13. The van der Waals surface area contributed by atoms with Gasteiger partial charge in [0.15, 0.2) is 0 Å². The molecule has 62 valence electrons. The Morgan fingerprint density at radius 3 is 1.36 bits per heavy atom. The molecule has 0 aromatic rings. The molecule has 2 aliphatic rings. The second-order valence-corrected chi connectivity index (χ2v) is 2.83. The monoisotopic (exact) mass is 155 g/mol. The smallest absolute Gasteiger partial charge is 0.135 e. The van der Waals surface area contributed by atoms with Crippen molar-refractivity contribution in [1.82, 2.24) is 5.32 Å². The van der Waals surface area contributed by atoms with E-state index in [9.17, 15) is 9.59 Å². The number of piperidine rings is 1. The zero-order chi connectivity index (χ0) is 8.10. The van der Waals surface area contributed by atoms with Crippen molar-refractivity contribution in [3.05, 3.63) is 0 Å². The van der Waals surface area contributed by atoms with Crippen LogP contribution in [0.15, 0.2) is 0 Å². The molecule has 1 saturated carbocycles. The maximum Gasteiger partial charge on any atom is 0.135 e. The molecule has 0 bridgehead atoms. The normalized spacial score (nSPS) is 22.2. The lowest BCUT2D eigenvalue weighted by Crippen LogP contribution is -2.27. The summed E-state index contributed by atoms with van der Waals surface area (Å²) >= 11 is 0. The van der Waals surface area contributed by atoms with E-state index in [0.29, 0.717) is 11.6 Å². The molecule has 0 unspecified atom stereocenters. The van der Waals surface area contributed by atoms with Gasteiger partial charge in [-0.2, -0.15) is 0 Å². The molecule has 0 amide bonds. The summed E-state index contributed by atoms with van der Waals surface area (Å²) in [5.74, 6) is 0.818. The third kappa shape index (κ3) is 4.67. The minimum absolute atomic E-state index is 0.402. The van der Waals surface area contributed by atoms with Crippen LogP contribution in [0.3, 0.4) is 0 Å². The number of carbonyl (C=O) groups excluding carboxylic acids is 2. The molecule has 0 spiro atoms. The predicted molar refractivity (Wildman–Crippen MR) is 41.4 cm³/mol. The zero-order valence-electron chi connectivity index (χ0n) is 6.56. The van der Waals surface area contributed by atoms with Crippen molar-refractivity contribution in [1.29, 1.82) is 0 Å². The van der Waals surface area contributed by atoms with Crippen LogP contribution in [0.2, 0.25) is 0 Å². The molecule has 0 aromatic heterocycles. The Labute approximate surface area is 66.2 Å². The van der Waals surface area contributed by atoms with E-state index in [4.69, 9.17) is 0 Å². The SMILES string of the molecule is O=C1CC1.O=C1CCNCC1. The van der Waals surface area contributed by atoms with Crippen LogP contribution in [-0.2, 0) is 9.59 Å². The summed E-state index contributed by atoms with van der Waals surface area (Å²) in [7, 11) is 0. The highest BCUT2D eigenvalue weighted by molar-refractivity contribution is 5.92. The minimum atomic E-state index is 0.402. The van der Waals surface area contributed by atoms with Crippen molar-refractivity contribution in [2.24, 2.45) is 0 Å². The second kappa shape index (κ2) is 4.23. The summed E-state index contributed by atoms with van der Waals surface area (Å²) in [5.41, 5.74) is 0. The molecule has 1 saturated heterocycles. The number of Topliss-reactive ketones (excluding diaryl/α,β-unsaturated/α-hetero) is 2. The summed E-state index contributed by atoms with van der Waals surface area (Å²) < 4.78 is 0. The number of hydrogen-bond donors (Lipinski definition) is 1. The first-order valence-electron chi connectivity index (χ1n) is 4.03. The van der Waals surface area contributed by atoms with Gasteiger partial charge in [-0.25, -0.2) is 0 Å². The highest BCUT2D eigenvalue weighted by atomic mass is 16.1. The average molecular weight is 155 g/mol. The van der Waals surface area contributed by atoms with Gasteiger partial charge in [-0.3, -0.25) is 9.59 Å². The molecule has 0 atom stereocenters. The molecule has 3 nitrogen and oxygen atoms in total. The Hall–Kier alpha value is -0.700. The van der Waals surface area contributed by atoms with Gasteiger partial charge in [0.1, 0.15) is 11.6 Å². The first-order chi connectivity index (χ1) is 5.29. The molecule has 2 rings (SSSR count). The van der Waals surface area contributed by atoms with Crippen LogP contribution in [0.4, 0.5) is 0 Å². The third-order valence-electron chi connectivity index (χ3n) is 1.62. The number of hydrogen-bond acceptors (Lipinski definition) is 3. The number of rotatable bonds is 0. The van der Waals surface area contributed by atoms with Crippen molar-refractivity contribution >= 4 is 11.6 Å². The first kappa shape index (κ1) is 8.40. The largest absolute Gasteiger partial charge is 0.316 e. The van der Waals surface area contributed by atoms with E-state index in [1.54, 1.807) is 0 Å². The summed E-state index contributed by atoms with van der Waals surface area (Å²) in [6.07, 6.45) is 3.17. The van der Waals surface area contributed by atoms with Crippen molar-refractivity contribution in [2.75, 3.05) is 13.1 Å². The van der Waals surface area contributed by atoms with E-state index < -0.39 is 0 Å². The van der Waals surface area contributed by atoms with Crippen LogP contribution >= 0.6 is 0 Å². The van der Waals surface area contributed by atoms with Crippen LogP contribution < -0.4 is 5.32 Å². The van der Waals surface area contributed by atoms with Gasteiger partial charge in [-0.05, 0) is 0 Å². The van der Waals surface area contributed by atoms with Gasteiger partial charge >= 0.3 is 0 Å².